The van der Waals surface area contributed by atoms with Crippen LogP contribution in [0.15, 0.2) is 30.5 Å². The van der Waals surface area contributed by atoms with Crippen LogP contribution >= 0.6 is 0 Å². The van der Waals surface area contributed by atoms with E-state index in [1.165, 1.54) is 6.07 Å². The highest BCUT2D eigenvalue weighted by molar-refractivity contribution is 5.66. The Labute approximate surface area is 115 Å². The molecule has 0 unspecified atom stereocenters. The van der Waals surface area contributed by atoms with Crippen LogP contribution in [0, 0.1) is 0 Å². The van der Waals surface area contributed by atoms with Gasteiger partial charge in [-0.05, 0) is 31.5 Å². The highest BCUT2D eigenvalue weighted by atomic mass is 19.3. The summed E-state index contributed by atoms with van der Waals surface area (Å²) in [7, 11) is 0. The fourth-order valence-electron chi connectivity index (χ4n) is 2.46. The minimum atomic E-state index is -2.84. The molecule has 0 bridgehead atoms. The largest absolute Gasteiger partial charge is 0.434 e. The van der Waals surface area contributed by atoms with Gasteiger partial charge in [0.1, 0.15) is 11.6 Å². The lowest BCUT2D eigenvalue weighted by Crippen LogP contribution is -2.14. The Bertz CT molecular complexity index is 579. The molecule has 3 rings (SSSR count). The number of imidazole rings is 1. The molecule has 0 radical (unpaired) electrons. The summed E-state index contributed by atoms with van der Waals surface area (Å²) in [6, 6.07) is 6.92. The third-order valence-electron chi connectivity index (χ3n) is 3.38. The van der Waals surface area contributed by atoms with Gasteiger partial charge in [0.05, 0.1) is 17.9 Å². The molecule has 0 saturated carbocycles. The molecule has 4 nitrogen and oxygen atoms in total. The summed E-state index contributed by atoms with van der Waals surface area (Å²) in [4.78, 5) is 7.52. The molecule has 1 atom stereocenters. The Morgan fingerprint density at radius 1 is 1.30 bits per heavy atom. The molecule has 2 N–H and O–H groups in total. The predicted octanol–water partition coefficient (Wildman–Crippen LogP) is 3.10. The van der Waals surface area contributed by atoms with Crippen molar-refractivity contribution in [3.63, 3.8) is 0 Å². The monoisotopic (exact) mass is 279 g/mol. The number of rotatable bonds is 4. The van der Waals surface area contributed by atoms with Crippen molar-refractivity contribution < 1.29 is 13.5 Å². The molecule has 2 aromatic rings. The van der Waals surface area contributed by atoms with Gasteiger partial charge in [-0.2, -0.15) is 8.78 Å². The van der Waals surface area contributed by atoms with E-state index in [2.05, 4.69) is 20.0 Å². The first-order valence-corrected chi connectivity index (χ1v) is 6.56. The van der Waals surface area contributed by atoms with Gasteiger partial charge in [0.2, 0.25) is 0 Å². The summed E-state index contributed by atoms with van der Waals surface area (Å²) in [5.74, 6) is 0.987. The highest BCUT2D eigenvalue weighted by Gasteiger charge is 2.20. The van der Waals surface area contributed by atoms with Crippen molar-refractivity contribution in [2.75, 3.05) is 6.54 Å². The molecule has 2 heterocycles. The van der Waals surface area contributed by atoms with Crippen molar-refractivity contribution >= 4 is 0 Å². The molecule has 1 aliphatic rings. The fourth-order valence-corrected chi connectivity index (χ4v) is 2.46. The quantitative estimate of drug-likeness (QED) is 0.904. The van der Waals surface area contributed by atoms with Gasteiger partial charge < -0.3 is 15.0 Å². The van der Waals surface area contributed by atoms with Crippen LogP contribution in [-0.2, 0) is 0 Å². The lowest BCUT2D eigenvalue weighted by molar-refractivity contribution is -0.0494. The average molecular weight is 279 g/mol. The van der Waals surface area contributed by atoms with Crippen molar-refractivity contribution in [3.8, 4) is 17.0 Å². The topological polar surface area (TPSA) is 49.9 Å². The highest BCUT2D eigenvalue weighted by Crippen LogP contribution is 2.31. The maximum absolute atomic E-state index is 12.4. The van der Waals surface area contributed by atoms with E-state index < -0.39 is 6.61 Å². The first kappa shape index (κ1) is 13.1. The maximum atomic E-state index is 12.4. The van der Waals surface area contributed by atoms with E-state index in [0.29, 0.717) is 11.3 Å². The third-order valence-corrected chi connectivity index (χ3v) is 3.38. The second-order valence-corrected chi connectivity index (χ2v) is 4.71. The van der Waals surface area contributed by atoms with Gasteiger partial charge in [-0.3, -0.25) is 0 Å². The molecular formula is C14H15F2N3O. The number of hydrogen-bond donors (Lipinski definition) is 2. The average Bonchev–Trinajstić information content (AvgIpc) is 3.10. The van der Waals surface area contributed by atoms with Gasteiger partial charge in [-0.25, -0.2) is 4.98 Å². The molecule has 106 valence electrons. The van der Waals surface area contributed by atoms with Crippen LogP contribution in [0.1, 0.15) is 24.7 Å². The summed E-state index contributed by atoms with van der Waals surface area (Å²) < 4.78 is 29.4. The Kier molecular flexibility index (Phi) is 3.64. The Morgan fingerprint density at radius 3 is 2.90 bits per heavy atom. The molecule has 1 saturated heterocycles. The van der Waals surface area contributed by atoms with Crippen LogP contribution in [0.3, 0.4) is 0 Å². The van der Waals surface area contributed by atoms with Crippen LogP contribution in [0.4, 0.5) is 8.78 Å². The van der Waals surface area contributed by atoms with Gasteiger partial charge in [0.15, 0.2) is 0 Å². The SMILES string of the molecule is FC(F)Oc1ccccc1-c1cnc([C@@H]2CCCN2)[nH]1. The van der Waals surface area contributed by atoms with Crippen LogP contribution in [0.2, 0.25) is 0 Å². The molecule has 1 aliphatic heterocycles. The van der Waals surface area contributed by atoms with Crippen LogP contribution in [-0.4, -0.2) is 23.1 Å². The van der Waals surface area contributed by atoms with E-state index in [9.17, 15) is 8.78 Å². The van der Waals surface area contributed by atoms with E-state index >= 15 is 0 Å². The Balaban J connectivity index is 1.89. The van der Waals surface area contributed by atoms with Crippen molar-refractivity contribution in [2.45, 2.75) is 25.5 Å². The van der Waals surface area contributed by atoms with Crippen LogP contribution < -0.4 is 10.1 Å². The van der Waals surface area contributed by atoms with E-state index in [-0.39, 0.29) is 11.8 Å². The second kappa shape index (κ2) is 5.58. The summed E-state index contributed by atoms with van der Waals surface area (Å²) in [5.41, 5.74) is 1.27. The lowest BCUT2D eigenvalue weighted by atomic mass is 10.1. The van der Waals surface area contributed by atoms with E-state index in [1.54, 1.807) is 24.4 Å². The number of nitrogens with one attached hydrogen (secondary N) is 2. The minimum absolute atomic E-state index is 0.150. The Morgan fingerprint density at radius 2 is 2.15 bits per heavy atom. The molecular weight excluding hydrogens is 264 g/mol. The lowest BCUT2D eigenvalue weighted by Gasteiger charge is -2.09. The number of ether oxygens (including phenoxy) is 1. The first-order valence-electron chi connectivity index (χ1n) is 6.56. The minimum Gasteiger partial charge on any atom is -0.434 e. The first-order chi connectivity index (χ1) is 9.74. The molecule has 1 aromatic heterocycles. The van der Waals surface area contributed by atoms with E-state index in [1.807, 2.05) is 0 Å². The zero-order chi connectivity index (χ0) is 13.9. The number of para-hydroxylation sites is 1. The van der Waals surface area contributed by atoms with Gasteiger partial charge in [-0.15, -0.1) is 0 Å². The fraction of sp³-hybridized carbons (Fsp3) is 0.357. The number of aromatic amines is 1. The van der Waals surface area contributed by atoms with Crippen molar-refractivity contribution in [1.29, 1.82) is 0 Å². The molecule has 0 aliphatic carbocycles. The summed E-state index contributed by atoms with van der Waals surface area (Å²) in [6.07, 6.45) is 3.80. The molecule has 1 aromatic carbocycles. The number of nitrogens with zero attached hydrogens (tertiary/aromatic N) is 1. The predicted molar refractivity (Wildman–Crippen MR) is 70.6 cm³/mol. The van der Waals surface area contributed by atoms with Gasteiger partial charge in [-0.1, -0.05) is 12.1 Å². The molecule has 20 heavy (non-hydrogen) atoms. The van der Waals surface area contributed by atoms with E-state index in [0.717, 1.165) is 25.2 Å². The standard InChI is InChI=1S/C14H15F2N3O/c15-14(16)20-12-6-2-1-4-9(12)11-8-18-13(19-11)10-5-3-7-17-10/h1-2,4,6,8,10,14,17H,3,5,7H2,(H,18,19)/t10-/m0/s1. The van der Waals surface area contributed by atoms with Gasteiger partial charge in [0, 0.05) is 5.56 Å². The maximum Gasteiger partial charge on any atom is 0.387 e. The number of H-pyrrole nitrogens is 1. The number of halogens is 2. The Hall–Kier alpha value is -1.95. The van der Waals surface area contributed by atoms with Crippen molar-refractivity contribution in [1.82, 2.24) is 15.3 Å². The summed E-state index contributed by atoms with van der Waals surface area (Å²) >= 11 is 0. The number of hydrogen-bond acceptors (Lipinski definition) is 3. The number of aromatic nitrogens is 2. The number of benzene rings is 1. The third kappa shape index (κ3) is 2.65. The van der Waals surface area contributed by atoms with Crippen molar-refractivity contribution in [2.24, 2.45) is 0 Å². The van der Waals surface area contributed by atoms with Gasteiger partial charge in [0.25, 0.3) is 0 Å². The zero-order valence-electron chi connectivity index (χ0n) is 10.8. The summed E-state index contributed by atoms with van der Waals surface area (Å²) in [6.45, 7) is -1.86. The molecule has 0 spiro atoms. The molecule has 1 fully saturated rings. The number of alkyl halides is 2. The van der Waals surface area contributed by atoms with Crippen LogP contribution in [0.25, 0.3) is 11.3 Å². The second-order valence-electron chi connectivity index (χ2n) is 4.71. The molecule has 0 amide bonds. The zero-order valence-corrected chi connectivity index (χ0v) is 10.8. The molecule has 6 heteroatoms. The normalized spacial score (nSPS) is 18.6. The van der Waals surface area contributed by atoms with Gasteiger partial charge >= 0.3 is 6.61 Å². The van der Waals surface area contributed by atoms with Crippen LogP contribution in [0.5, 0.6) is 5.75 Å². The van der Waals surface area contributed by atoms with E-state index in [4.69, 9.17) is 0 Å². The van der Waals surface area contributed by atoms with Crippen molar-refractivity contribution in [3.05, 3.63) is 36.3 Å². The summed E-state index contributed by atoms with van der Waals surface area (Å²) in [5, 5.41) is 3.34. The smallest absolute Gasteiger partial charge is 0.387 e.